The highest BCUT2D eigenvalue weighted by Gasteiger charge is 2.19. The van der Waals surface area contributed by atoms with E-state index in [4.69, 9.17) is 4.74 Å². The number of anilines is 2. The molecule has 1 saturated heterocycles. The highest BCUT2D eigenvalue weighted by atomic mass is 16.5. The molecule has 9 nitrogen and oxygen atoms in total. The van der Waals surface area contributed by atoms with Crippen molar-refractivity contribution >= 4 is 23.2 Å². The summed E-state index contributed by atoms with van der Waals surface area (Å²) in [4.78, 5) is 31.7. The molecule has 0 radical (unpaired) electrons. The van der Waals surface area contributed by atoms with Gasteiger partial charge in [0.15, 0.2) is 0 Å². The Labute approximate surface area is 174 Å². The number of ether oxygens (including phenoxy) is 1. The lowest BCUT2D eigenvalue weighted by atomic mass is 10.0. The van der Waals surface area contributed by atoms with Crippen LogP contribution < -0.4 is 20.6 Å². The van der Waals surface area contributed by atoms with E-state index in [1.165, 1.54) is 10.8 Å². The van der Waals surface area contributed by atoms with Crippen LogP contribution in [-0.4, -0.2) is 44.8 Å². The Morgan fingerprint density at radius 2 is 2.07 bits per heavy atom. The lowest BCUT2D eigenvalue weighted by Crippen LogP contribution is -2.34. The molecule has 0 bridgehead atoms. The normalized spacial score (nSPS) is 16.6. The number of hydrogen-bond donors (Lipinski definition) is 1. The molecular weight excluding hydrogens is 384 g/mol. The van der Waals surface area contributed by atoms with Gasteiger partial charge in [-0.15, -0.1) is 5.10 Å². The molecule has 0 unspecified atom stereocenters. The third kappa shape index (κ3) is 4.29. The van der Waals surface area contributed by atoms with Gasteiger partial charge in [-0.05, 0) is 56.0 Å². The van der Waals surface area contributed by atoms with Crippen molar-refractivity contribution in [3.05, 3.63) is 47.0 Å². The Kier molecular flexibility index (Phi) is 5.69. The first-order chi connectivity index (χ1) is 14.5. The molecule has 1 N–H and O–H groups in total. The minimum absolute atomic E-state index is 0.189. The number of piperidine rings is 1. The van der Waals surface area contributed by atoms with Gasteiger partial charge in [-0.1, -0.05) is 6.92 Å². The summed E-state index contributed by atoms with van der Waals surface area (Å²) in [6.45, 7) is 6.42. The van der Waals surface area contributed by atoms with Crippen molar-refractivity contribution in [3.63, 3.8) is 0 Å². The number of carbonyl (C=O) groups excluding carboxylic acids is 1. The van der Waals surface area contributed by atoms with E-state index in [9.17, 15) is 9.59 Å². The van der Waals surface area contributed by atoms with Gasteiger partial charge in [-0.3, -0.25) is 4.79 Å². The predicted molar refractivity (Wildman–Crippen MR) is 114 cm³/mol. The summed E-state index contributed by atoms with van der Waals surface area (Å²) in [5.41, 5.74) is 0.234. The largest absolute Gasteiger partial charge is 0.494 e. The van der Waals surface area contributed by atoms with Crippen LogP contribution in [0.5, 0.6) is 5.75 Å². The maximum Gasteiger partial charge on any atom is 0.352 e. The first-order valence-electron chi connectivity index (χ1n) is 10.3. The van der Waals surface area contributed by atoms with Crippen molar-refractivity contribution < 1.29 is 9.53 Å². The number of amides is 1. The molecule has 1 aliphatic heterocycles. The lowest BCUT2D eigenvalue weighted by Gasteiger charge is -2.31. The second-order valence-electron chi connectivity index (χ2n) is 7.59. The molecule has 1 aliphatic rings. The second kappa shape index (κ2) is 8.56. The molecule has 30 heavy (non-hydrogen) atoms. The van der Waals surface area contributed by atoms with Gasteiger partial charge in [0.1, 0.15) is 18.1 Å². The molecule has 1 fully saturated rings. The molecule has 1 amide bonds. The zero-order valence-corrected chi connectivity index (χ0v) is 17.2. The van der Waals surface area contributed by atoms with Crippen LogP contribution >= 0.6 is 0 Å². The molecule has 1 atom stereocenters. The molecule has 9 heteroatoms. The van der Waals surface area contributed by atoms with E-state index in [1.54, 1.807) is 30.5 Å². The van der Waals surface area contributed by atoms with Crippen molar-refractivity contribution in [2.75, 3.05) is 29.9 Å². The topological polar surface area (TPSA) is 93.8 Å². The number of benzene rings is 1. The van der Waals surface area contributed by atoms with E-state index in [-0.39, 0.29) is 12.5 Å². The third-order valence-electron chi connectivity index (χ3n) is 5.16. The minimum Gasteiger partial charge on any atom is -0.494 e. The van der Waals surface area contributed by atoms with Crippen LogP contribution in [0.3, 0.4) is 0 Å². The first kappa shape index (κ1) is 19.9. The van der Waals surface area contributed by atoms with E-state index in [0.29, 0.717) is 24.0 Å². The Morgan fingerprint density at radius 3 is 2.80 bits per heavy atom. The van der Waals surface area contributed by atoms with E-state index in [1.807, 2.05) is 13.0 Å². The van der Waals surface area contributed by atoms with E-state index in [2.05, 4.69) is 27.2 Å². The summed E-state index contributed by atoms with van der Waals surface area (Å²) in [5.74, 6) is 2.12. The van der Waals surface area contributed by atoms with Crippen molar-refractivity contribution in [1.82, 2.24) is 19.2 Å². The molecule has 0 aliphatic carbocycles. The highest BCUT2D eigenvalue weighted by Crippen LogP contribution is 2.21. The highest BCUT2D eigenvalue weighted by molar-refractivity contribution is 5.90. The molecule has 0 saturated carbocycles. The van der Waals surface area contributed by atoms with E-state index >= 15 is 0 Å². The molecule has 2 aromatic heterocycles. The number of fused-ring (bicyclic) bond motifs is 1. The Bertz CT molecular complexity index is 1090. The molecule has 3 aromatic rings. The summed E-state index contributed by atoms with van der Waals surface area (Å²) in [6.07, 6.45) is 4.02. The Morgan fingerprint density at radius 1 is 1.27 bits per heavy atom. The van der Waals surface area contributed by atoms with Gasteiger partial charge in [0, 0.05) is 25.0 Å². The average molecular weight is 410 g/mol. The fraction of sp³-hybridized carbons (Fsp3) is 0.429. The van der Waals surface area contributed by atoms with Gasteiger partial charge in [-0.25, -0.2) is 13.9 Å². The van der Waals surface area contributed by atoms with E-state index in [0.717, 1.165) is 35.8 Å². The van der Waals surface area contributed by atoms with Crippen LogP contribution in [0.1, 0.15) is 26.7 Å². The van der Waals surface area contributed by atoms with Crippen LogP contribution in [-0.2, 0) is 11.3 Å². The molecule has 4 rings (SSSR count). The number of nitrogens with one attached hydrogen (secondary N) is 1. The standard InChI is InChI=1S/C21H26N6O3/c1-3-30-17-8-6-16(7-9-17)22-19(28)14-27-21(29)26-12-10-18(23-20(26)24-27)25-11-4-5-15(2)13-25/h6-10,12,15H,3-5,11,13-14H2,1-2H3,(H,22,28)/t15-/m0/s1. The van der Waals surface area contributed by atoms with Crippen molar-refractivity contribution in [2.24, 2.45) is 5.92 Å². The summed E-state index contributed by atoms with van der Waals surface area (Å²) in [6, 6.07) is 8.90. The Hall–Kier alpha value is -3.36. The predicted octanol–water partition coefficient (Wildman–Crippen LogP) is 2.16. The number of nitrogens with zero attached hydrogens (tertiary/aromatic N) is 5. The molecular formula is C21H26N6O3. The average Bonchev–Trinajstić information content (AvgIpc) is 3.04. The summed E-state index contributed by atoms with van der Waals surface area (Å²) >= 11 is 0. The molecule has 3 heterocycles. The molecule has 0 spiro atoms. The minimum atomic E-state index is -0.391. The number of hydrogen-bond acceptors (Lipinski definition) is 6. The number of carbonyl (C=O) groups is 1. The van der Waals surface area contributed by atoms with Crippen molar-refractivity contribution in [3.8, 4) is 5.75 Å². The summed E-state index contributed by atoms with van der Waals surface area (Å²) in [5, 5.41) is 7.02. The summed E-state index contributed by atoms with van der Waals surface area (Å²) in [7, 11) is 0. The van der Waals surface area contributed by atoms with Crippen LogP contribution in [0, 0.1) is 5.92 Å². The number of aromatic nitrogens is 4. The van der Waals surface area contributed by atoms with Crippen molar-refractivity contribution in [2.45, 2.75) is 33.2 Å². The Balaban J connectivity index is 1.47. The smallest absolute Gasteiger partial charge is 0.352 e. The SMILES string of the molecule is CCOc1ccc(NC(=O)Cn2nc3nc(N4CCC[C@H](C)C4)ccn3c2=O)cc1. The van der Waals surface area contributed by atoms with Crippen LogP contribution in [0.4, 0.5) is 11.5 Å². The van der Waals surface area contributed by atoms with Gasteiger partial charge < -0.3 is 15.0 Å². The van der Waals surface area contributed by atoms with Gasteiger partial charge in [-0.2, -0.15) is 4.98 Å². The quantitative estimate of drug-likeness (QED) is 0.669. The zero-order chi connectivity index (χ0) is 21.1. The maximum absolute atomic E-state index is 12.6. The first-order valence-corrected chi connectivity index (χ1v) is 10.3. The maximum atomic E-state index is 12.6. The monoisotopic (exact) mass is 410 g/mol. The van der Waals surface area contributed by atoms with Gasteiger partial charge in [0.25, 0.3) is 5.78 Å². The number of rotatable bonds is 6. The summed E-state index contributed by atoms with van der Waals surface area (Å²) < 4.78 is 7.88. The fourth-order valence-electron chi connectivity index (χ4n) is 3.71. The van der Waals surface area contributed by atoms with Crippen LogP contribution in [0.15, 0.2) is 41.3 Å². The van der Waals surface area contributed by atoms with E-state index < -0.39 is 5.69 Å². The third-order valence-corrected chi connectivity index (χ3v) is 5.16. The molecule has 158 valence electrons. The van der Waals surface area contributed by atoms with Gasteiger partial charge >= 0.3 is 5.69 Å². The van der Waals surface area contributed by atoms with Crippen LogP contribution in [0.2, 0.25) is 0 Å². The van der Waals surface area contributed by atoms with Crippen molar-refractivity contribution in [1.29, 1.82) is 0 Å². The molecule has 1 aromatic carbocycles. The zero-order valence-electron chi connectivity index (χ0n) is 17.2. The second-order valence-corrected chi connectivity index (χ2v) is 7.59. The van der Waals surface area contributed by atoms with Crippen LogP contribution in [0.25, 0.3) is 5.78 Å². The lowest BCUT2D eigenvalue weighted by molar-refractivity contribution is -0.117. The van der Waals surface area contributed by atoms with Gasteiger partial charge in [0.05, 0.1) is 6.61 Å². The van der Waals surface area contributed by atoms with Gasteiger partial charge in [0.2, 0.25) is 5.91 Å². The fourth-order valence-corrected chi connectivity index (χ4v) is 3.71.